The van der Waals surface area contributed by atoms with Gasteiger partial charge in [-0.2, -0.15) is 13.2 Å². The zero-order chi connectivity index (χ0) is 29.9. The first-order valence-electron chi connectivity index (χ1n) is 12.7. The van der Waals surface area contributed by atoms with E-state index in [1.165, 1.54) is 0 Å². The van der Waals surface area contributed by atoms with Gasteiger partial charge in [-0.25, -0.2) is 19.7 Å². The fourth-order valence-electron chi connectivity index (χ4n) is 4.02. The van der Waals surface area contributed by atoms with E-state index in [0.29, 0.717) is 33.8 Å². The Labute approximate surface area is 232 Å². The minimum absolute atomic E-state index is 0.0166. The lowest BCUT2D eigenvalue weighted by Crippen LogP contribution is -2.30. The third-order valence-electron chi connectivity index (χ3n) is 5.98. The highest BCUT2D eigenvalue weighted by atomic mass is 19.4. The molecule has 0 unspecified atom stereocenters. The second-order valence-corrected chi connectivity index (χ2v) is 9.70. The van der Waals surface area contributed by atoms with Crippen molar-refractivity contribution in [3.8, 4) is 11.3 Å². The summed E-state index contributed by atoms with van der Waals surface area (Å²) in [7, 11) is 0. The van der Waals surface area contributed by atoms with Crippen LogP contribution in [0.2, 0.25) is 0 Å². The van der Waals surface area contributed by atoms with Gasteiger partial charge in [0.1, 0.15) is 5.82 Å². The first-order valence-corrected chi connectivity index (χ1v) is 12.7. The smallest absolute Gasteiger partial charge is 0.475 e. The van der Waals surface area contributed by atoms with Gasteiger partial charge in [0, 0.05) is 35.1 Å². The van der Waals surface area contributed by atoms with E-state index in [-0.39, 0.29) is 23.6 Å². The molecule has 1 fully saturated rings. The zero-order valence-electron chi connectivity index (χ0n) is 22.4. The summed E-state index contributed by atoms with van der Waals surface area (Å²) in [6, 6.07) is 15.0. The Balaban J connectivity index is 0.000000493. The minimum atomic E-state index is -5.08. The van der Waals surface area contributed by atoms with Gasteiger partial charge in [-0.15, -0.1) is 0 Å². The van der Waals surface area contributed by atoms with Crippen LogP contribution in [0.5, 0.6) is 0 Å². The maximum atomic E-state index is 12.9. The molecule has 2 aromatic carbocycles. The fourth-order valence-corrected chi connectivity index (χ4v) is 4.02. The molecular formula is C28H27F3N6O4. The number of hydrogen-bond donors (Lipinski definition) is 3. The number of aryl methyl sites for hydroxylation is 1. The summed E-state index contributed by atoms with van der Waals surface area (Å²) in [5, 5.41) is 13.8. The maximum absolute atomic E-state index is 12.9. The van der Waals surface area contributed by atoms with Gasteiger partial charge in [0.15, 0.2) is 0 Å². The number of carboxylic acids is 1. The first kappa shape index (κ1) is 29.2. The van der Waals surface area contributed by atoms with Gasteiger partial charge in [-0.3, -0.25) is 14.2 Å². The number of aliphatic carboxylic acids is 1. The fraction of sp³-hybridized carbons (Fsp3) is 0.286. The molecule has 1 aliphatic rings. The highest BCUT2D eigenvalue weighted by Gasteiger charge is 2.38. The molecule has 0 saturated heterocycles. The number of carbonyl (C=O) groups excluding carboxylic acids is 1. The molecule has 4 aromatic rings. The molecule has 0 spiro atoms. The first-order chi connectivity index (χ1) is 19.3. The average molecular weight is 569 g/mol. The van der Waals surface area contributed by atoms with Crippen molar-refractivity contribution in [1.82, 2.24) is 24.8 Å². The number of benzene rings is 2. The Morgan fingerprint density at radius 3 is 2.41 bits per heavy atom. The topological polar surface area (TPSA) is 139 Å². The second-order valence-electron chi connectivity index (χ2n) is 9.70. The van der Waals surface area contributed by atoms with Crippen molar-refractivity contribution in [2.45, 2.75) is 51.9 Å². The van der Waals surface area contributed by atoms with E-state index in [2.05, 4.69) is 25.6 Å². The number of carboxylic acid groups (broad SMARTS) is 1. The number of carbonyl (C=O) groups is 2. The van der Waals surface area contributed by atoms with E-state index < -0.39 is 12.1 Å². The van der Waals surface area contributed by atoms with E-state index in [1.54, 1.807) is 18.3 Å². The molecule has 214 valence electrons. The number of amides is 1. The number of hydrogen-bond acceptors (Lipinski definition) is 7. The van der Waals surface area contributed by atoms with Crippen molar-refractivity contribution in [3.05, 3.63) is 76.5 Å². The summed E-state index contributed by atoms with van der Waals surface area (Å²) in [5.74, 6) is -1.74. The number of halogens is 3. The zero-order valence-corrected chi connectivity index (χ0v) is 22.4. The van der Waals surface area contributed by atoms with E-state index in [9.17, 15) is 22.8 Å². The van der Waals surface area contributed by atoms with Crippen LogP contribution >= 0.6 is 0 Å². The van der Waals surface area contributed by atoms with Crippen molar-refractivity contribution in [3.63, 3.8) is 0 Å². The van der Waals surface area contributed by atoms with Gasteiger partial charge in [-0.05, 0) is 70.0 Å². The van der Waals surface area contributed by atoms with Crippen LogP contribution < -0.4 is 16.2 Å². The molecule has 1 saturated carbocycles. The van der Waals surface area contributed by atoms with E-state index in [1.807, 2.05) is 61.7 Å². The Morgan fingerprint density at radius 1 is 1.07 bits per heavy atom. The second kappa shape index (κ2) is 11.7. The Morgan fingerprint density at radius 2 is 1.78 bits per heavy atom. The van der Waals surface area contributed by atoms with Gasteiger partial charge in [0.05, 0.1) is 16.6 Å². The number of alkyl halides is 3. The van der Waals surface area contributed by atoms with Crippen LogP contribution in [-0.2, 0) is 4.79 Å². The molecule has 0 aliphatic heterocycles. The molecule has 2 heterocycles. The van der Waals surface area contributed by atoms with Gasteiger partial charge in [-0.1, -0.05) is 12.1 Å². The predicted octanol–water partition coefficient (Wildman–Crippen LogP) is 5.01. The van der Waals surface area contributed by atoms with Crippen LogP contribution in [0, 0.1) is 6.92 Å². The van der Waals surface area contributed by atoms with E-state index >= 15 is 0 Å². The van der Waals surface area contributed by atoms with Gasteiger partial charge in [0.25, 0.3) is 11.5 Å². The van der Waals surface area contributed by atoms with Crippen molar-refractivity contribution in [1.29, 1.82) is 0 Å². The molecule has 1 amide bonds. The van der Waals surface area contributed by atoms with Crippen molar-refractivity contribution in [2.24, 2.45) is 0 Å². The third-order valence-corrected chi connectivity index (χ3v) is 5.98. The lowest BCUT2D eigenvalue weighted by atomic mass is 10.1. The van der Waals surface area contributed by atoms with Gasteiger partial charge in [0.2, 0.25) is 5.95 Å². The summed E-state index contributed by atoms with van der Waals surface area (Å²) in [6.07, 6.45) is -1.34. The normalized spacial score (nSPS) is 13.0. The van der Waals surface area contributed by atoms with Crippen LogP contribution in [0.3, 0.4) is 0 Å². The van der Waals surface area contributed by atoms with Gasteiger partial charge >= 0.3 is 12.1 Å². The van der Waals surface area contributed by atoms with Crippen molar-refractivity contribution < 1.29 is 27.9 Å². The van der Waals surface area contributed by atoms with Crippen molar-refractivity contribution >= 4 is 34.4 Å². The lowest BCUT2D eigenvalue weighted by molar-refractivity contribution is -0.192. The lowest BCUT2D eigenvalue weighted by Gasteiger charge is -2.11. The number of anilines is 2. The standard InChI is InChI=1S/C26H26N6O2.C2HF3O2/c1-15(2)28-24(33)18-5-4-6-19(13-18)30-26-27-12-11-22(31-26)17-7-10-21-23(14-17)29-16(3)32(25(21)34)20-8-9-20;3-2(4,5)1(6)7/h4-7,10-15,20H,8-9H2,1-3H3,(H,28,33)(H,27,30,31);(H,6,7). The number of nitrogens with zero attached hydrogens (tertiary/aromatic N) is 4. The van der Waals surface area contributed by atoms with Crippen LogP contribution in [0.4, 0.5) is 24.8 Å². The summed E-state index contributed by atoms with van der Waals surface area (Å²) < 4.78 is 33.5. The minimum Gasteiger partial charge on any atom is -0.475 e. The number of aromatic nitrogens is 4. The van der Waals surface area contributed by atoms with Crippen LogP contribution in [0.1, 0.15) is 48.9 Å². The SMILES string of the molecule is Cc1nc2cc(-c3ccnc(Nc4cccc(C(=O)NC(C)C)c4)n3)ccc2c(=O)n1C1CC1.O=C(O)C(F)(F)F. The number of fused-ring (bicyclic) bond motifs is 1. The highest BCUT2D eigenvalue weighted by molar-refractivity contribution is 5.95. The molecule has 2 aromatic heterocycles. The summed E-state index contributed by atoms with van der Waals surface area (Å²) in [5.41, 5.74) is 3.50. The third kappa shape index (κ3) is 7.24. The molecule has 3 N–H and O–H groups in total. The molecule has 0 atom stereocenters. The maximum Gasteiger partial charge on any atom is 0.490 e. The predicted molar refractivity (Wildman–Crippen MR) is 146 cm³/mol. The van der Waals surface area contributed by atoms with Gasteiger partial charge < -0.3 is 15.7 Å². The van der Waals surface area contributed by atoms with Crippen molar-refractivity contribution in [2.75, 3.05) is 5.32 Å². The summed E-state index contributed by atoms with van der Waals surface area (Å²) >= 11 is 0. The Hall–Kier alpha value is -4.81. The Kier molecular flexibility index (Phi) is 8.36. The molecule has 10 nitrogen and oxygen atoms in total. The molecule has 0 radical (unpaired) electrons. The Bertz CT molecular complexity index is 1670. The molecule has 13 heteroatoms. The summed E-state index contributed by atoms with van der Waals surface area (Å²) in [4.78, 5) is 47.8. The highest BCUT2D eigenvalue weighted by Crippen LogP contribution is 2.34. The van der Waals surface area contributed by atoms with E-state index in [0.717, 1.165) is 24.2 Å². The number of nitrogens with one attached hydrogen (secondary N) is 2. The summed E-state index contributed by atoms with van der Waals surface area (Å²) in [6.45, 7) is 5.73. The average Bonchev–Trinajstić information content (AvgIpc) is 3.73. The van der Waals surface area contributed by atoms with Crippen LogP contribution in [0.25, 0.3) is 22.2 Å². The number of rotatable bonds is 6. The van der Waals surface area contributed by atoms with E-state index in [4.69, 9.17) is 9.90 Å². The van der Waals surface area contributed by atoms with Crippen LogP contribution in [0.15, 0.2) is 59.5 Å². The molecule has 41 heavy (non-hydrogen) atoms. The van der Waals surface area contributed by atoms with Crippen LogP contribution in [-0.4, -0.2) is 48.7 Å². The largest absolute Gasteiger partial charge is 0.490 e. The molecular weight excluding hydrogens is 541 g/mol. The molecule has 0 bridgehead atoms. The molecule has 1 aliphatic carbocycles. The molecule has 5 rings (SSSR count). The monoisotopic (exact) mass is 568 g/mol. The quantitative estimate of drug-likeness (QED) is 0.295.